The molecule has 0 aliphatic heterocycles. The van der Waals surface area contributed by atoms with E-state index in [1.165, 1.54) is 23.5 Å². The van der Waals surface area contributed by atoms with Gasteiger partial charge in [-0.3, -0.25) is 9.59 Å². The van der Waals surface area contributed by atoms with Gasteiger partial charge in [0.25, 0.3) is 11.5 Å². The van der Waals surface area contributed by atoms with Gasteiger partial charge in [0.2, 0.25) is 0 Å². The van der Waals surface area contributed by atoms with Crippen LogP contribution in [-0.2, 0) is 6.54 Å². The maximum atomic E-state index is 12.1. The number of benzene rings is 1. The van der Waals surface area contributed by atoms with Gasteiger partial charge in [0.15, 0.2) is 10.5 Å². The van der Waals surface area contributed by atoms with Crippen LogP contribution >= 0.6 is 22.9 Å². The quantitative estimate of drug-likeness (QED) is 0.788. The number of hydrogen-bond donors (Lipinski definition) is 1. The molecule has 0 spiro atoms. The molecule has 8 heteroatoms. The predicted octanol–water partition coefficient (Wildman–Crippen LogP) is 2.08. The molecule has 6 nitrogen and oxygen atoms in total. The van der Waals surface area contributed by atoms with Gasteiger partial charge in [-0.1, -0.05) is 29.8 Å². The van der Waals surface area contributed by atoms with Gasteiger partial charge in [-0.25, -0.2) is 5.10 Å². The van der Waals surface area contributed by atoms with Gasteiger partial charge in [0.1, 0.15) is 0 Å². The number of aromatic nitrogens is 3. The first-order valence-corrected chi connectivity index (χ1v) is 7.91. The van der Waals surface area contributed by atoms with Gasteiger partial charge in [-0.05, 0) is 17.7 Å². The maximum absolute atomic E-state index is 12.1. The molecule has 0 bridgehead atoms. The molecule has 3 rings (SSSR count). The van der Waals surface area contributed by atoms with E-state index in [1.807, 2.05) is 40.4 Å². The number of thiazole rings is 1. The number of carbonyl (C=O) groups is 1. The van der Waals surface area contributed by atoms with Gasteiger partial charge in [-0.2, -0.15) is 10.1 Å². The second-order valence-corrected chi connectivity index (χ2v) is 5.91. The van der Waals surface area contributed by atoms with Gasteiger partial charge in [0.05, 0.1) is 6.54 Å². The minimum Gasteiger partial charge on any atom is -0.319 e. The van der Waals surface area contributed by atoms with Gasteiger partial charge in [0, 0.05) is 22.7 Å². The Kier molecular flexibility index (Phi) is 4.50. The van der Waals surface area contributed by atoms with E-state index in [4.69, 9.17) is 11.6 Å². The fourth-order valence-corrected chi connectivity index (χ4v) is 2.85. The Labute approximate surface area is 139 Å². The third-order valence-corrected chi connectivity index (χ3v) is 4.22. The van der Waals surface area contributed by atoms with Crippen molar-refractivity contribution >= 4 is 28.8 Å². The molecule has 2 aromatic heterocycles. The van der Waals surface area contributed by atoms with E-state index in [9.17, 15) is 9.59 Å². The first-order chi connectivity index (χ1) is 11.1. The molecule has 0 radical (unpaired) electrons. The fourth-order valence-electron chi connectivity index (χ4n) is 1.92. The van der Waals surface area contributed by atoms with Crippen LogP contribution in [0.25, 0.3) is 0 Å². The average molecular weight is 347 g/mol. The van der Waals surface area contributed by atoms with Crippen molar-refractivity contribution in [1.82, 2.24) is 14.8 Å². The maximum Gasteiger partial charge on any atom is 0.300 e. The van der Waals surface area contributed by atoms with E-state index < -0.39 is 5.91 Å². The zero-order valence-corrected chi connectivity index (χ0v) is 13.3. The van der Waals surface area contributed by atoms with Crippen molar-refractivity contribution in [2.24, 2.45) is 4.99 Å². The first kappa shape index (κ1) is 15.4. The van der Waals surface area contributed by atoms with Crippen molar-refractivity contribution < 1.29 is 4.79 Å². The molecule has 116 valence electrons. The molecule has 3 aromatic rings. The lowest BCUT2D eigenvalue weighted by Gasteiger charge is -2.05. The van der Waals surface area contributed by atoms with Crippen LogP contribution in [0.5, 0.6) is 0 Å². The van der Waals surface area contributed by atoms with E-state index in [0.717, 1.165) is 5.56 Å². The van der Waals surface area contributed by atoms with Crippen LogP contribution in [0.2, 0.25) is 5.02 Å². The van der Waals surface area contributed by atoms with Crippen molar-refractivity contribution in [2.45, 2.75) is 6.54 Å². The minimum atomic E-state index is -0.517. The van der Waals surface area contributed by atoms with Crippen LogP contribution in [0.3, 0.4) is 0 Å². The highest BCUT2D eigenvalue weighted by Crippen LogP contribution is 2.15. The number of nitrogens with zero attached hydrogens (tertiary/aromatic N) is 3. The molecule has 0 fully saturated rings. The third-order valence-electron chi connectivity index (χ3n) is 3.05. The molecular weight excluding hydrogens is 336 g/mol. The summed E-state index contributed by atoms with van der Waals surface area (Å²) in [5.41, 5.74) is 0.650. The molecule has 0 atom stereocenters. The highest BCUT2D eigenvalue weighted by molar-refractivity contribution is 7.07. The normalized spacial score (nSPS) is 11.6. The number of hydrogen-bond acceptors (Lipinski definition) is 4. The smallest absolute Gasteiger partial charge is 0.300 e. The summed E-state index contributed by atoms with van der Waals surface area (Å²) in [6.07, 6.45) is 1.83. The predicted molar refractivity (Wildman–Crippen MR) is 87.6 cm³/mol. The standard InChI is InChI=1S/C15H11ClN4O2S/c16-11-4-2-1-3-10(11)9-20-7-8-23-15(20)17-14(22)12-5-6-13(21)19-18-12/h1-8H,9H2,(H,19,21). The van der Waals surface area contributed by atoms with Crippen LogP contribution in [0.4, 0.5) is 0 Å². The highest BCUT2D eigenvalue weighted by Gasteiger charge is 2.07. The zero-order valence-electron chi connectivity index (χ0n) is 11.8. The summed E-state index contributed by atoms with van der Waals surface area (Å²) < 4.78 is 1.83. The van der Waals surface area contributed by atoms with Crippen LogP contribution < -0.4 is 10.4 Å². The first-order valence-electron chi connectivity index (χ1n) is 6.65. The Morgan fingerprint density at radius 3 is 2.87 bits per heavy atom. The molecule has 0 aliphatic rings. The second kappa shape index (κ2) is 6.72. The van der Waals surface area contributed by atoms with Crippen molar-refractivity contribution in [2.75, 3.05) is 0 Å². The molecule has 1 aromatic carbocycles. The van der Waals surface area contributed by atoms with E-state index in [0.29, 0.717) is 16.4 Å². The summed E-state index contributed by atoms with van der Waals surface area (Å²) in [5.74, 6) is -0.517. The molecule has 2 heterocycles. The van der Waals surface area contributed by atoms with Crippen LogP contribution in [0.1, 0.15) is 16.1 Å². The SMILES string of the molecule is O=C(N=c1sccn1Cc1ccccc1Cl)c1ccc(=O)[nH]n1. The monoisotopic (exact) mass is 346 g/mol. The lowest BCUT2D eigenvalue weighted by molar-refractivity contribution is 0.0992. The molecule has 1 amide bonds. The van der Waals surface area contributed by atoms with E-state index >= 15 is 0 Å². The number of carbonyl (C=O) groups excluding carboxylic acids is 1. The third kappa shape index (κ3) is 3.64. The molecule has 23 heavy (non-hydrogen) atoms. The number of halogens is 1. The topological polar surface area (TPSA) is 80.1 Å². The van der Waals surface area contributed by atoms with Crippen molar-refractivity contribution in [3.8, 4) is 0 Å². The van der Waals surface area contributed by atoms with E-state index in [2.05, 4.69) is 15.2 Å². The number of amides is 1. The van der Waals surface area contributed by atoms with Gasteiger partial charge >= 0.3 is 0 Å². The fraction of sp³-hybridized carbons (Fsp3) is 0.0667. The van der Waals surface area contributed by atoms with Crippen LogP contribution in [-0.4, -0.2) is 20.7 Å². The Bertz CT molecular complexity index is 953. The Morgan fingerprint density at radius 1 is 1.30 bits per heavy atom. The summed E-state index contributed by atoms with van der Waals surface area (Å²) in [4.78, 5) is 27.7. The number of H-pyrrole nitrogens is 1. The summed E-state index contributed by atoms with van der Waals surface area (Å²) in [5, 5.41) is 8.39. The second-order valence-electron chi connectivity index (χ2n) is 4.63. The Balaban J connectivity index is 1.91. The molecule has 0 unspecified atom stereocenters. The lowest BCUT2D eigenvalue weighted by Crippen LogP contribution is -2.18. The molecule has 0 saturated carbocycles. The summed E-state index contributed by atoms with van der Waals surface area (Å²) in [6, 6.07) is 10.1. The van der Waals surface area contributed by atoms with Gasteiger partial charge < -0.3 is 4.57 Å². The van der Waals surface area contributed by atoms with Crippen LogP contribution in [0.15, 0.2) is 57.8 Å². The van der Waals surface area contributed by atoms with Crippen molar-refractivity contribution in [1.29, 1.82) is 0 Å². The van der Waals surface area contributed by atoms with Crippen molar-refractivity contribution in [3.63, 3.8) is 0 Å². The van der Waals surface area contributed by atoms with Gasteiger partial charge in [-0.15, -0.1) is 11.3 Å². The van der Waals surface area contributed by atoms with E-state index in [-0.39, 0.29) is 11.3 Å². The summed E-state index contributed by atoms with van der Waals surface area (Å²) in [7, 11) is 0. The van der Waals surface area contributed by atoms with Crippen molar-refractivity contribution in [3.05, 3.63) is 79.4 Å². The van der Waals surface area contributed by atoms with Crippen LogP contribution in [0, 0.1) is 0 Å². The summed E-state index contributed by atoms with van der Waals surface area (Å²) >= 11 is 7.49. The Morgan fingerprint density at radius 2 is 2.13 bits per heavy atom. The highest BCUT2D eigenvalue weighted by atomic mass is 35.5. The zero-order chi connectivity index (χ0) is 16.2. The molecule has 0 saturated heterocycles. The largest absolute Gasteiger partial charge is 0.319 e. The van der Waals surface area contributed by atoms with E-state index in [1.54, 1.807) is 0 Å². The lowest BCUT2D eigenvalue weighted by atomic mass is 10.2. The molecular formula is C15H11ClN4O2S. The Hall–Kier alpha value is -2.51. The minimum absolute atomic E-state index is 0.0855. The molecule has 0 aliphatic carbocycles. The number of aromatic amines is 1. The molecule has 1 N–H and O–H groups in total. The average Bonchev–Trinajstić information content (AvgIpc) is 2.97. The number of rotatable bonds is 3. The number of nitrogens with one attached hydrogen (secondary N) is 1. The summed E-state index contributed by atoms with van der Waals surface area (Å²) in [6.45, 7) is 0.508.